The van der Waals surface area contributed by atoms with Gasteiger partial charge in [-0.25, -0.2) is 8.42 Å². The molecule has 6 heteroatoms. The molecule has 0 spiro atoms. The summed E-state index contributed by atoms with van der Waals surface area (Å²) in [5.74, 6) is 0. The molecule has 1 aromatic carbocycles. The standard InChI is InChI=1S/C15H19N3O2S/c1-2-11-8-17-9-12-4-3-5-14(15(11)12)21(19,20)18-7-6-13(16)10-18/h3-5,8-9,13H,2,6-7,10,16H2,1H3/t13-/m1/s1. The average Bonchev–Trinajstić information content (AvgIpc) is 2.93. The van der Waals surface area contributed by atoms with Crippen LogP contribution in [0.2, 0.25) is 0 Å². The van der Waals surface area contributed by atoms with Crippen molar-refractivity contribution in [3.63, 3.8) is 0 Å². The fraction of sp³-hybridized carbons (Fsp3) is 0.400. The first-order chi connectivity index (χ1) is 10.0. The van der Waals surface area contributed by atoms with Crippen LogP contribution in [0, 0.1) is 0 Å². The molecule has 0 radical (unpaired) electrons. The molecule has 1 aromatic heterocycles. The van der Waals surface area contributed by atoms with Crippen molar-refractivity contribution in [2.75, 3.05) is 13.1 Å². The Labute approximate surface area is 124 Å². The quantitative estimate of drug-likeness (QED) is 0.933. The first-order valence-electron chi connectivity index (χ1n) is 7.15. The van der Waals surface area contributed by atoms with Crippen LogP contribution in [0.15, 0.2) is 35.5 Å². The Bertz CT molecular complexity index is 768. The van der Waals surface area contributed by atoms with Gasteiger partial charge in [0.05, 0.1) is 4.90 Å². The molecule has 2 heterocycles. The van der Waals surface area contributed by atoms with E-state index in [0.29, 0.717) is 24.4 Å². The van der Waals surface area contributed by atoms with Crippen molar-refractivity contribution in [2.24, 2.45) is 5.73 Å². The zero-order chi connectivity index (χ0) is 15.0. The van der Waals surface area contributed by atoms with E-state index in [4.69, 9.17) is 5.73 Å². The minimum absolute atomic E-state index is 0.0675. The third kappa shape index (κ3) is 2.43. The number of sulfonamides is 1. The SMILES string of the molecule is CCc1cncc2cccc(S(=O)(=O)N3CC[C@@H](N)C3)c12. The predicted octanol–water partition coefficient (Wildman–Crippen LogP) is 1.52. The number of hydrogen-bond acceptors (Lipinski definition) is 4. The van der Waals surface area contributed by atoms with E-state index in [9.17, 15) is 8.42 Å². The van der Waals surface area contributed by atoms with Crippen LogP contribution in [0.25, 0.3) is 10.8 Å². The van der Waals surface area contributed by atoms with E-state index in [2.05, 4.69) is 4.98 Å². The highest BCUT2D eigenvalue weighted by Gasteiger charge is 2.32. The first kappa shape index (κ1) is 14.4. The molecule has 0 saturated carbocycles. The monoisotopic (exact) mass is 305 g/mol. The first-order valence-corrected chi connectivity index (χ1v) is 8.59. The van der Waals surface area contributed by atoms with E-state index >= 15 is 0 Å². The summed E-state index contributed by atoms with van der Waals surface area (Å²) >= 11 is 0. The average molecular weight is 305 g/mol. The fourth-order valence-corrected chi connectivity index (χ4v) is 4.63. The van der Waals surface area contributed by atoms with Crippen molar-refractivity contribution in [2.45, 2.75) is 30.7 Å². The van der Waals surface area contributed by atoms with E-state index in [-0.39, 0.29) is 6.04 Å². The second-order valence-corrected chi connectivity index (χ2v) is 7.32. The number of nitrogens with zero attached hydrogens (tertiary/aromatic N) is 2. The van der Waals surface area contributed by atoms with Gasteiger partial charge in [0.2, 0.25) is 10.0 Å². The molecular formula is C15H19N3O2S. The lowest BCUT2D eigenvalue weighted by molar-refractivity contribution is 0.473. The molecular weight excluding hydrogens is 286 g/mol. The molecule has 3 rings (SSSR count). The van der Waals surface area contributed by atoms with E-state index in [0.717, 1.165) is 22.8 Å². The molecule has 1 atom stereocenters. The Kier molecular flexibility index (Phi) is 3.69. The molecule has 1 aliphatic rings. The summed E-state index contributed by atoms with van der Waals surface area (Å²) in [6.07, 6.45) is 4.92. The number of pyridine rings is 1. The Morgan fingerprint density at radius 2 is 2.19 bits per heavy atom. The van der Waals surface area contributed by atoms with E-state index in [1.54, 1.807) is 24.5 Å². The summed E-state index contributed by atoms with van der Waals surface area (Å²) in [5, 5.41) is 1.65. The highest BCUT2D eigenvalue weighted by molar-refractivity contribution is 7.89. The predicted molar refractivity (Wildman–Crippen MR) is 82.5 cm³/mol. The van der Waals surface area contributed by atoms with Crippen molar-refractivity contribution >= 4 is 20.8 Å². The van der Waals surface area contributed by atoms with E-state index < -0.39 is 10.0 Å². The Balaban J connectivity index is 2.20. The zero-order valence-corrected chi connectivity index (χ0v) is 12.8. The van der Waals surface area contributed by atoms with Crippen LogP contribution < -0.4 is 5.73 Å². The lowest BCUT2D eigenvalue weighted by Crippen LogP contribution is -2.32. The zero-order valence-electron chi connectivity index (χ0n) is 12.0. The van der Waals surface area contributed by atoms with E-state index in [1.165, 1.54) is 4.31 Å². The molecule has 1 saturated heterocycles. The summed E-state index contributed by atoms with van der Waals surface area (Å²) in [7, 11) is -3.51. The third-order valence-electron chi connectivity index (χ3n) is 4.01. The van der Waals surface area contributed by atoms with Gasteiger partial charge in [-0.1, -0.05) is 19.1 Å². The molecule has 1 aliphatic heterocycles. The van der Waals surface area contributed by atoms with Crippen LogP contribution in [0.5, 0.6) is 0 Å². The van der Waals surface area contributed by atoms with Gasteiger partial charge in [-0.3, -0.25) is 4.98 Å². The maximum atomic E-state index is 12.9. The minimum atomic E-state index is -3.51. The van der Waals surface area contributed by atoms with Crippen LogP contribution in [0.1, 0.15) is 18.9 Å². The summed E-state index contributed by atoms with van der Waals surface area (Å²) in [4.78, 5) is 4.56. The highest BCUT2D eigenvalue weighted by Crippen LogP contribution is 2.29. The van der Waals surface area contributed by atoms with Gasteiger partial charge in [-0.15, -0.1) is 0 Å². The molecule has 0 bridgehead atoms. The smallest absolute Gasteiger partial charge is 0.243 e. The number of fused-ring (bicyclic) bond motifs is 1. The topological polar surface area (TPSA) is 76.3 Å². The van der Waals surface area contributed by atoms with Crippen molar-refractivity contribution < 1.29 is 8.42 Å². The van der Waals surface area contributed by atoms with E-state index in [1.807, 2.05) is 13.0 Å². The fourth-order valence-electron chi connectivity index (χ4n) is 2.87. The number of aryl methyl sites for hydroxylation is 1. The number of rotatable bonds is 3. The van der Waals surface area contributed by atoms with Crippen molar-refractivity contribution in [3.05, 3.63) is 36.2 Å². The highest BCUT2D eigenvalue weighted by atomic mass is 32.2. The van der Waals surface area contributed by atoms with Crippen LogP contribution in [-0.2, 0) is 16.4 Å². The number of hydrogen-bond donors (Lipinski definition) is 1. The van der Waals surface area contributed by atoms with Gasteiger partial charge in [0.15, 0.2) is 0 Å². The maximum absolute atomic E-state index is 12.9. The summed E-state index contributed by atoms with van der Waals surface area (Å²) in [6, 6.07) is 5.28. The van der Waals surface area contributed by atoms with Crippen molar-refractivity contribution in [1.29, 1.82) is 0 Å². The molecule has 0 unspecified atom stereocenters. The Morgan fingerprint density at radius 1 is 1.38 bits per heavy atom. The van der Waals surface area contributed by atoms with Crippen molar-refractivity contribution in [3.8, 4) is 0 Å². The van der Waals surface area contributed by atoms with Gasteiger partial charge in [0.25, 0.3) is 0 Å². The number of aromatic nitrogens is 1. The normalized spacial score (nSPS) is 20.2. The minimum Gasteiger partial charge on any atom is -0.326 e. The van der Waals surface area contributed by atoms with Gasteiger partial charge >= 0.3 is 0 Å². The molecule has 21 heavy (non-hydrogen) atoms. The van der Waals surface area contributed by atoms with Crippen LogP contribution in [0.3, 0.4) is 0 Å². The lowest BCUT2D eigenvalue weighted by atomic mass is 10.1. The summed E-state index contributed by atoms with van der Waals surface area (Å²) in [5.41, 5.74) is 6.81. The molecule has 1 fully saturated rings. The van der Waals surface area contributed by atoms with Crippen LogP contribution in [-0.4, -0.2) is 36.8 Å². The van der Waals surface area contributed by atoms with Gasteiger partial charge in [0.1, 0.15) is 0 Å². The largest absolute Gasteiger partial charge is 0.326 e. The van der Waals surface area contributed by atoms with Gasteiger partial charge in [-0.2, -0.15) is 4.31 Å². The van der Waals surface area contributed by atoms with Crippen LogP contribution >= 0.6 is 0 Å². The molecule has 112 valence electrons. The van der Waals surface area contributed by atoms with Gasteiger partial charge < -0.3 is 5.73 Å². The molecule has 2 N–H and O–H groups in total. The number of nitrogens with two attached hydrogens (primary N) is 1. The number of benzene rings is 1. The lowest BCUT2D eigenvalue weighted by Gasteiger charge is -2.18. The second-order valence-electron chi connectivity index (χ2n) is 5.42. The Hall–Kier alpha value is -1.50. The summed E-state index contributed by atoms with van der Waals surface area (Å²) < 4.78 is 27.3. The Morgan fingerprint density at radius 3 is 2.86 bits per heavy atom. The van der Waals surface area contributed by atoms with Gasteiger partial charge in [-0.05, 0) is 24.5 Å². The molecule has 2 aromatic rings. The maximum Gasteiger partial charge on any atom is 0.243 e. The third-order valence-corrected chi connectivity index (χ3v) is 5.92. The van der Waals surface area contributed by atoms with Crippen molar-refractivity contribution in [1.82, 2.24) is 9.29 Å². The van der Waals surface area contributed by atoms with Crippen LogP contribution in [0.4, 0.5) is 0 Å². The second kappa shape index (κ2) is 5.36. The molecule has 0 aliphatic carbocycles. The molecule has 5 nitrogen and oxygen atoms in total. The summed E-state index contributed by atoms with van der Waals surface area (Å²) in [6.45, 7) is 2.89. The van der Waals surface area contributed by atoms with Gasteiger partial charge in [0, 0.05) is 42.3 Å². The molecule has 0 amide bonds.